The molecule has 0 radical (unpaired) electrons. The van der Waals surface area contributed by atoms with Gasteiger partial charge in [0.2, 0.25) is 0 Å². The van der Waals surface area contributed by atoms with Crippen LogP contribution in [0.4, 0.5) is 8.78 Å². The van der Waals surface area contributed by atoms with Crippen molar-refractivity contribution < 1.29 is 8.78 Å². The average molecular weight is 201 g/mol. The third kappa shape index (κ3) is 1.72. The van der Waals surface area contributed by atoms with Crippen LogP contribution >= 0.6 is 0 Å². The number of halogens is 2. The molecule has 0 amide bonds. The maximum absolute atomic E-state index is 12.8. The fraction of sp³-hybridized carbons (Fsp3) is 0.556. The lowest BCUT2D eigenvalue weighted by atomic mass is 9.97. The van der Waals surface area contributed by atoms with Crippen LogP contribution in [0.3, 0.4) is 0 Å². The van der Waals surface area contributed by atoms with Gasteiger partial charge in [0.15, 0.2) is 0 Å². The normalized spacial score (nSPS) is 15.6. The highest BCUT2D eigenvalue weighted by Gasteiger charge is 2.38. The molecule has 0 bridgehead atoms. The summed E-state index contributed by atoms with van der Waals surface area (Å²) in [5.74, 6) is 0. The highest BCUT2D eigenvalue weighted by molar-refractivity contribution is 5.19. The number of aromatic nitrogens is 2. The summed E-state index contributed by atoms with van der Waals surface area (Å²) in [4.78, 5) is 7.88. The van der Waals surface area contributed by atoms with E-state index in [1.807, 2.05) is 0 Å². The molecular weight excluding hydrogens is 188 g/mol. The van der Waals surface area contributed by atoms with Gasteiger partial charge in [0, 0.05) is 12.4 Å². The van der Waals surface area contributed by atoms with Crippen molar-refractivity contribution in [2.45, 2.75) is 25.8 Å². The Bertz CT molecular complexity index is 317. The largest absolute Gasteiger partial charge is 0.305 e. The van der Waals surface area contributed by atoms with Gasteiger partial charge in [-0.2, -0.15) is 0 Å². The first-order chi connectivity index (χ1) is 6.52. The molecule has 1 atom stereocenters. The predicted molar refractivity (Wildman–Crippen MR) is 49.2 cm³/mol. The molecule has 1 N–H and O–H groups in total. The number of hydrogen-bond acceptors (Lipinski definition) is 3. The molecule has 0 aromatic carbocycles. The van der Waals surface area contributed by atoms with Crippen LogP contribution in [0.2, 0.25) is 0 Å². The molecule has 0 saturated heterocycles. The van der Waals surface area contributed by atoms with Crippen molar-refractivity contribution in [2.24, 2.45) is 0 Å². The van der Waals surface area contributed by atoms with Gasteiger partial charge in [0.25, 0.3) is 6.43 Å². The lowest BCUT2D eigenvalue weighted by Crippen LogP contribution is -2.45. The van der Waals surface area contributed by atoms with Gasteiger partial charge in [-0.05, 0) is 20.9 Å². The van der Waals surface area contributed by atoms with Gasteiger partial charge < -0.3 is 5.32 Å². The Hall–Kier alpha value is -1.10. The van der Waals surface area contributed by atoms with Gasteiger partial charge in [-0.25, -0.2) is 8.78 Å². The molecule has 1 unspecified atom stereocenters. The first-order valence-electron chi connectivity index (χ1n) is 4.27. The Morgan fingerprint density at radius 2 is 1.93 bits per heavy atom. The molecule has 0 aliphatic carbocycles. The molecule has 0 aliphatic rings. The molecule has 1 heterocycles. The lowest BCUT2D eigenvalue weighted by molar-refractivity contribution is 0.0400. The molecule has 1 aromatic heterocycles. The zero-order valence-electron chi connectivity index (χ0n) is 8.38. The number of nitrogens with one attached hydrogen (secondary N) is 1. The molecule has 0 fully saturated rings. The van der Waals surface area contributed by atoms with E-state index < -0.39 is 12.0 Å². The zero-order chi connectivity index (χ0) is 10.8. The van der Waals surface area contributed by atoms with Gasteiger partial charge in [-0.3, -0.25) is 9.97 Å². The summed E-state index contributed by atoms with van der Waals surface area (Å²) in [6.45, 7) is 3.08. The fourth-order valence-electron chi connectivity index (χ4n) is 1.25. The van der Waals surface area contributed by atoms with Crippen molar-refractivity contribution in [1.29, 1.82) is 0 Å². The van der Waals surface area contributed by atoms with E-state index in [1.165, 1.54) is 26.4 Å². The van der Waals surface area contributed by atoms with Gasteiger partial charge >= 0.3 is 0 Å². The minimum Gasteiger partial charge on any atom is -0.305 e. The summed E-state index contributed by atoms with van der Waals surface area (Å²) >= 11 is 0. The van der Waals surface area contributed by atoms with E-state index in [4.69, 9.17) is 0 Å². The third-order valence-corrected chi connectivity index (χ3v) is 2.33. The fourth-order valence-corrected chi connectivity index (χ4v) is 1.25. The third-order valence-electron chi connectivity index (χ3n) is 2.33. The summed E-state index contributed by atoms with van der Waals surface area (Å²) in [5.41, 5.74) is -0.625. The van der Waals surface area contributed by atoms with E-state index in [2.05, 4.69) is 15.3 Å². The van der Waals surface area contributed by atoms with Crippen molar-refractivity contribution in [3.63, 3.8) is 0 Å². The van der Waals surface area contributed by atoms with Gasteiger partial charge in [0.1, 0.15) is 5.54 Å². The van der Waals surface area contributed by atoms with Gasteiger partial charge in [0.05, 0.1) is 11.4 Å². The van der Waals surface area contributed by atoms with Crippen molar-refractivity contribution >= 4 is 0 Å². The quantitative estimate of drug-likeness (QED) is 0.805. The van der Waals surface area contributed by atoms with Crippen LogP contribution in [0.5, 0.6) is 0 Å². The van der Waals surface area contributed by atoms with Crippen molar-refractivity contribution in [2.75, 3.05) is 7.05 Å². The minimum atomic E-state index is -2.53. The van der Waals surface area contributed by atoms with Crippen LogP contribution < -0.4 is 5.32 Å². The first-order valence-corrected chi connectivity index (χ1v) is 4.27. The highest BCUT2D eigenvalue weighted by Crippen LogP contribution is 2.27. The van der Waals surface area contributed by atoms with E-state index in [-0.39, 0.29) is 5.69 Å². The van der Waals surface area contributed by atoms with E-state index >= 15 is 0 Å². The Morgan fingerprint density at radius 1 is 1.36 bits per heavy atom. The van der Waals surface area contributed by atoms with E-state index in [9.17, 15) is 8.78 Å². The first kappa shape index (κ1) is 11.0. The summed E-state index contributed by atoms with van der Waals surface area (Å²) < 4.78 is 25.6. The van der Waals surface area contributed by atoms with Crippen LogP contribution in [0.25, 0.3) is 0 Å². The maximum atomic E-state index is 12.8. The van der Waals surface area contributed by atoms with Gasteiger partial charge in [-0.1, -0.05) is 0 Å². The van der Waals surface area contributed by atoms with Crippen LogP contribution in [-0.2, 0) is 5.54 Å². The Morgan fingerprint density at radius 3 is 2.36 bits per heavy atom. The number of rotatable bonds is 3. The van der Waals surface area contributed by atoms with Crippen LogP contribution in [0.15, 0.2) is 12.4 Å². The minimum absolute atomic E-state index is 0.289. The second-order valence-corrected chi connectivity index (χ2v) is 3.24. The molecule has 1 aromatic rings. The Balaban J connectivity index is 3.19. The van der Waals surface area contributed by atoms with E-state index in [0.717, 1.165) is 0 Å². The summed E-state index contributed by atoms with van der Waals surface area (Å²) in [6.07, 6.45) is 0.378. The Kier molecular flexibility index (Phi) is 3.10. The van der Waals surface area contributed by atoms with E-state index in [0.29, 0.717) is 5.69 Å². The SMILES string of the molecule is CNC(C)(c1nccnc1C)C(F)F. The number of hydrogen-bond donors (Lipinski definition) is 1. The highest BCUT2D eigenvalue weighted by atomic mass is 19.3. The van der Waals surface area contributed by atoms with Crippen LogP contribution in [-0.4, -0.2) is 23.4 Å². The summed E-state index contributed by atoms with van der Waals surface area (Å²) in [7, 11) is 1.49. The smallest absolute Gasteiger partial charge is 0.261 e. The molecule has 0 aliphatic heterocycles. The molecule has 3 nitrogen and oxygen atoms in total. The average Bonchev–Trinajstić information content (AvgIpc) is 2.17. The standard InChI is InChI=1S/C9H13F2N3/c1-6-7(14-5-4-13-6)9(2,12-3)8(10)11/h4-5,8,12H,1-3H3. The second-order valence-electron chi connectivity index (χ2n) is 3.24. The monoisotopic (exact) mass is 201 g/mol. The molecule has 0 spiro atoms. The predicted octanol–water partition coefficient (Wildman–Crippen LogP) is 1.48. The van der Waals surface area contributed by atoms with Crippen LogP contribution in [0, 0.1) is 6.92 Å². The number of nitrogens with zero attached hydrogens (tertiary/aromatic N) is 2. The van der Waals surface area contributed by atoms with E-state index in [1.54, 1.807) is 6.92 Å². The molecular formula is C9H13F2N3. The summed E-state index contributed by atoms with van der Waals surface area (Å²) in [5, 5.41) is 2.58. The number of aryl methyl sites for hydroxylation is 1. The van der Waals surface area contributed by atoms with Crippen LogP contribution in [0.1, 0.15) is 18.3 Å². The number of alkyl halides is 2. The molecule has 14 heavy (non-hydrogen) atoms. The molecule has 78 valence electrons. The zero-order valence-corrected chi connectivity index (χ0v) is 8.38. The molecule has 0 saturated carbocycles. The summed E-state index contributed by atoms with van der Waals surface area (Å²) in [6, 6.07) is 0. The maximum Gasteiger partial charge on any atom is 0.261 e. The second kappa shape index (κ2) is 3.96. The topological polar surface area (TPSA) is 37.8 Å². The van der Waals surface area contributed by atoms with Crippen molar-refractivity contribution in [3.8, 4) is 0 Å². The van der Waals surface area contributed by atoms with Crippen molar-refractivity contribution in [1.82, 2.24) is 15.3 Å². The molecule has 1 rings (SSSR count). The molecule has 5 heteroatoms. The lowest BCUT2D eigenvalue weighted by Gasteiger charge is -2.28. The van der Waals surface area contributed by atoms with Crippen molar-refractivity contribution in [3.05, 3.63) is 23.8 Å². The van der Waals surface area contributed by atoms with Gasteiger partial charge in [-0.15, -0.1) is 0 Å². The Labute approximate surface area is 81.6 Å².